The van der Waals surface area contributed by atoms with E-state index in [9.17, 15) is 4.79 Å². The first-order valence-corrected chi connectivity index (χ1v) is 5.88. The van der Waals surface area contributed by atoms with E-state index in [1.165, 1.54) is 0 Å². The molecule has 0 saturated carbocycles. The second-order valence-corrected chi connectivity index (χ2v) is 4.48. The number of halogens is 2. The van der Waals surface area contributed by atoms with Gasteiger partial charge in [-0.15, -0.1) is 10.2 Å². The van der Waals surface area contributed by atoms with Crippen LogP contribution in [0.5, 0.6) is 0 Å². The lowest BCUT2D eigenvalue weighted by molar-refractivity contribution is -0.109. The zero-order valence-corrected chi connectivity index (χ0v) is 10.1. The van der Waals surface area contributed by atoms with Gasteiger partial charge in [-0.05, 0) is 19.3 Å². The van der Waals surface area contributed by atoms with Crippen LogP contribution in [0.3, 0.4) is 0 Å². The molecule has 0 spiro atoms. The molecule has 1 atom stereocenters. The topological polar surface area (TPSA) is 46.1 Å². The molecule has 0 radical (unpaired) electrons. The van der Waals surface area contributed by atoms with E-state index >= 15 is 0 Å². The van der Waals surface area contributed by atoms with Gasteiger partial charge in [0.1, 0.15) is 6.29 Å². The van der Waals surface area contributed by atoms with Crippen LogP contribution in [0.2, 0.25) is 10.3 Å². The summed E-state index contributed by atoms with van der Waals surface area (Å²) in [7, 11) is 0. The van der Waals surface area contributed by atoms with Crippen LogP contribution in [0.15, 0.2) is 6.07 Å². The fraction of sp³-hybridized carbons (Fsp3) is 0.500. The maximum absolute atomic E-state index is 11.0. The van der Waals surface area contributed by atoms with Gasteiger partial charge in [-0.3, -0.25) is 0 Å². The van der Waals surface area contributed by atoms with Gasteiger partial charge in [-0.1, -0.05) is 23.2 Å². The van der Waals surface area contributed by atoms with Gasteiger partial charge < -0.3 is 9.69 Å². The number of anilines is 1. The fourth-order valence-corrected chi connectivity index (χ4v) is 2.29. The van der Waals surface area contributed by atoms with Crippen molar-refractivity contribution in [1.82, 2.24) is 10.2 Å². The molecule has 2 heterocycles. The summed E-state index contributed by atoms with van der Waals surface area (Å²) in [6, 6.07) is 1.52. The van der Waals surface area contributed by atoms with Gasteiger partial charge >= 0.3 is 0 Å². The average molecular weight is 260 g/mol. The van der Waals surface area contributed by atoms with Crippen LogP contribution in [0.1, 0.15) is 19.3 Å². The third kappa shape index (κ3) is 2.28. The fourth-order valence-electron chi connectivity index (χ4n) is 1.94. The van der Waals surface area contributed by atoms with E-state index in [0.29, 0.717) is 5.69 Å². The molecule has 0 bridgehead atoms. The van der Waals surface area contributed by atoms with Crippen molar-refractivity contribution < 1.29 is 4.79 Å². The summed E-state index contributed by atoms with van der Waals surface area (Å²) >= 11 is 11.7. The number of aldehydes is 1. The average Bonchev–Trinajstić information content (AvgIpc) is 2.32. The Kier molecular flexibility index (Phi) is 3.61. The van der Waals surface area contributed by atoms with Crippen molar-refractivity contribution in [2.24, 2.45) is 0 Å². The molecular weight excluding hydrogens is 249 g/mol. The molecule has 1 aromatic heterocycles. The van der Waals surface area contributed by atoms with Crippen molar-refractivity contribution in [1.29, 1.82) is 0 Å². The van der Waals surface area contributed by atoms with Gasteiger partial charge in [0, 0.05) is 12.6 Å². The third-order valence-corrected chi connectivity index (χ3v) is 3.17. The smallest absolute Gasteiger partial charge is 0.175 e. The number of rotatable bonds is 2. The number of hydrogen-bond donors (Lipinski definition) is 0. The summed E-state index contributed by atoms with van der Waals surface area (Å²) < 4.78 is 0. The summed E-state index contributed by atoms with van der Waals surface area (Å²) in [4.78, 5) is 12.9. The van der Waals surface area contributed by atoms with E-state index in [-0.39, 0.29) is 16.3 Å². The van der Waals surface area contributed by atoms with Gasteiger partial charge in [0.25, 0.3) is 0 Å². The molecule has 2 rings (SSSR count). The Labute approximate surface area is 104 Å². The highest BCUT2D eigenvalue weighted by Gasteiger charge is 2.24. The largest absolute Gasteiger partial charge is 0.359 e. The van der Waals surface area contributed by atoms with Crippen LogP contribution in [-0.4, -0.2) is 29.1 Å². The van der Waals surface area contributed by atoms with Crippen molar-refractivity contribution >= 4 is 35.2 Å². The van der Waals surface area contributed by atoms with Crippen LogP contribution < -0.4 is 4.90 Å². The minimum Gasteiger partial charge on any atom is -0.359 e. The summed E-state index contributed by atoms with van der Waals surface area (Å²) in [6.45, 7) is 0.797. The molecule has 0 N–H and O–H groups in total. The second kappa shape index (κ2) is 4.97. The first kappa shape index (κ1) is 11.6. The number of carbonyl (C=O) groups excluding carboxylic acids is 1. The second-order valence-electron chi connectivity index (χ2n) is 3.74. The van der Waals surface area contributed by atoms with E-state index in [1.807, 2.05) is 4.90 Å². The van der Waals surface area contributed by atoms with Crippen LogP contribution in [0.4, 0.5) is 5.69 Å². The molecule has 0 aromatic carbocycles. The van der Waals surface area contributed by atoms with Gasteiger partial charge in [0.15, 0.2) is 10.3 Å². The highest BCUT2D eigenvalue weighted by atomic mass is 35.5. The minimum absolute atomic E-state index is 0.133. The maximum Gasteiger partial charge on any atom is 0.175 e. The molecule has 0 aliphatic carbocycles. The lowest BCUT2D eigenvalue weighted by Crippen LogP contribution is -2.40. The zero-order valence-electron chi connectivity index (χ0n) is 8.57. The van der Waals surface area contributed by atoms with Crippen LogP contribution in [0.25, 0.3) is 0 Å². The standard InChI is InChI=1S/C10H11Cl2N3O/c11-9-5-8(10(12)14-13-9)15-4-2-1-3-7(15)6-16/h5-7H,1-4H2. The maximum atomic E-state index is 11.0. The monoisotopic (exact) mass is 259 g/mol. The van der Waals surface area contributed by atoms with Gasteiger partial charge in [0.2, 0.25) is 0 Å². The van der Waals surface area contributed by atoms with E-state index in [4.69, 9.17) is 23.2 Å². The van der Waals surface area contributed by atoms with Crippen molar-refractivity contribution in [3.8, 4) is 0 Å². The Bertz CT molecular complexity index is 400. The summed E-state index contributed by atoms with van der Waals surface area (Å²) in [6.07, 6.45) is 3.90. The first-order chi connectivity index (χ1) is 7.72. The van der Waals surface area contributed by atoms with Gasteiger partial charge in [-0.2, -0.15) is 0 Å². The quantitative estimate of drug-likeness (QED) is 0.765. The number of aromatic nitrogens is 2. The lowest BCUT2D eigenvalue weighted by Gasteiger charge is -2.34. The van der Waals surface area contributed by atoms with Crippen LogP contribution in [0, 0.1) is 0 Å². The molecule has 16 heavy (non-hydrogen) atoms. The van der Waals surface area contributed by atoms with E-state index in [0.717, 1.165) is 32.1 Å². The Balaban J connectivity index is 2.33. The molecule has 86 valence electrons. The molecule has 1 unspecified atom stereocenters. The summed E-state index contributed by atoms with van der Waals surface area (Å²) in [5.41, 5.74) is 0.693. The Morgan fingerprint density at radius 1 is 1.38 bits per heavy atom. The molecule has 1 fully saturated rings. The highest BCUT2D eigenvalue weighted by Crippen LogP contribution is 2.30. The van der Waals surface area contributed by atoms with Crippen molar-refractivity contribution in [2.45, 2.75) is 25.3 Å². The molecule has 6 heteroatoms. The van der Waals surface area contributed by atoms with E-state index in [1.54, 1.807) is 6.07 Å². The van der Waals surface area contributed by atoms with Crippen molar-refractivity contribution in [3.63, 3.8) is 0 Å². The molecule has 0 amide bonds. The number of hydrogen-bond acceptors (Lipinski definition) is 4. The molecule has 1 saturated heterocycles. The summed E-state index contributed by atoms with van der Waals surface area (Å²) in [5, 5.41) is 7.98. The Morgan fingerprint density at radius 2 is 2.19 bits per heavy atom. The van der Waals surface area contributed by atoms with E-state index in [2.05, 4.69) is 10.2 Å². The predicted molar refractivity (Wildman–Crippen MR) is 63.1 cm³/mol. The van der Waals surface area contributed by atoms with Crippen LogP contribution >= 0.6 is 23.2 Å². The molecule has 1 aliphatic rings. The molecule has 4 nitrogen and oxygen atoms in total. The molecule has 1 aliphatic heterocycles. The van der Waals surface area contributed by atoms with Crippen LogP contribution in [-0.2, 0) is 4.79 Å². The molecule has 1 aromatic rings. The number of nitrogens with zero attached hydrogens (tertiary/aromatic N) is 3. The highest BCUT2D eigenvalue weighted by molar-refractivity contribution is 6.33. The first-order valence-electron chi connectivity index (χ1n) is 5.13. The predicted octanol–water partition coefficient (Wildman–Crippen LogP) is 2.34. The zero-order chi connectivity index (χ0) is 11.5. The minimum atomic E-state index is -0.133. The van der Waals surface area contributed by atoms with Crippen molar-refractivity contribution in [3.05, 3.63) is 16.4 Å². The Morgan fingerprint density at radius 3 is 2.94 bits per heavy atom. The van der Waals surface area contributed by atoms with Gasteiger partial charge in [0.05, 0.1) is 11.7 Å². The molecular formula is C10H11Cl2N3O. The Hall–Kier alpha value is -0.870. The summed E-state index contributed by atoms with van der Waals surface area (Å²) in [5.74, 6) is 0. The van der Waals surface area contributed by atoms with Gasteiger partial charge in [-0.25, -0.2) is 0 Å². The number of carbonyl (C=O) groups is 1. The van der Waals surface area contributed by atoms with E-state index < -0.39 is 0 Å². The normalized spacial score (nSPS) is 20.9. The lowest BCUT2D eigenvalue weighted by atomic mass is 10.0. The third-order valence-electron chi connectivity index (χ3n) is 2.72. The SMILES string of the molecule is O=CC1CCCCN1c1cc(Cl)nnc1Cl. The van der Waals surface area contributed by atoms with Crippen molar-refractivity contribution in [2.75, 3.05) is 11.4 Å². The number of piperidine rings is 1.